The molecule has 130 valence electrons. The van der Waals surface area contributed by atoms with Crippen molar-refractivity contribution in [2.24, 2.45) is 0 Å². The molecule has 24 heavy (non-hydrogen) atoms. The van der Waals surface area contributed by atoms with E-state index in [2.05, 4.69) is 10.3 Å². The van der Waals surface area contributed by atoms with Crippen molar-refractivity contribution in [3.8, 4) is 0 Å². The molecule has 0 aliphatic heterocycles. The Balaban J connectivity index is 2.96. The van der Waals surface area contributed by atoms with Gasteiger partial charge in [-0.15, -0.1) is 11.3 Å². The summed E-state index contributed by atoms with van der Waals surface area (Å²) in [7, 11) is 0. The second kappa shape index (κ2) is 5.73. The van der Waals surface area contributed by atoms with Gasteiger partial charge < -0.3 is 10.4 Å². The maximum atomic E-state index is 13.5. The molecule has 0 aromatic carbocycles. The zero-order valence-corrected chi connectivity index (χ0v) is 14.1. The topological polar surface area (TPSA) is 79.3 Å². The molecule has 0 fully saturated rings. The van der Waals surface area contributed by atoms with Gasteiger partial charge in [0.05, 0.1) is 11.3 Å². The van der Waals surface area contributed by atoms with Crippen LogP contribution in [0.5, 0.6) is 0 Å². The van der Waals surface area contributed by atoms with Crippen LogP contribution in [0.4, 0.5) is 18.9 Å². The smallest absolute Gasteiger partial charge is 0.417 e. The number of hydrogen-bond donors (Lipinski definition) is 2. The number of carboxylic acids is 1. The van der Waals surface area contributed by atoms with Crippen molar-refractivity contribution in [3.63, 3.8) is 0 Å². The fraction of sp³-hybridized carbons (Fsp3) is 0.400. The summed E-state index contributed by atoms with van der Waals surface area (Å²) in [6.07, 6.45) is -4.72. The van der Waals surface area contributed by atoms with Gasteiger partial charge in [-0.25, -0.2) is 9.78 Å². The molecular formula is C15H15F3N2O3S. The zero-order chi connectivity index (χ0) is 18.4. The van der Waals surface area contributed by atoms with Crippen LogP contribution in [0.15, 0.2) is 6.07 Å². The van der Waals surface area contributed by atoms with Crippen molar-refractivity contribution in [2.75, 3.05) is 5.32 Å². The Morgan fingerprint density at radius 3 is 2.25 bits per heavy atom. The van der Waals surface area contributed by atoms with E-state index in [-0.39, 0.29) is 21.1 Å². The van der Waals surface area contributed by atoms with Gasteiger partial charge in [-0.2, -0.15) is 13.2 Å². The Hall–Kier alpha value is -2.16. The van der Waals surface area contributed by atoms with Crippen LogP contribution in [0.25, 0.3) is 10.2 Å². The number of nitrogens with zero attached hydrogens (tertiary/aromatic N) is 1. The number of alkyl halides is 3. The zero-order valence-electron chi connectivity index (χ0n) is 13.3. The minimum Gasteiger partial charge on any atom is -0.477 e. The van der Waals surface area contributed by atoms with Gasteiger partial charge in [0.25, 0.3) is 0 Å². The van der Waals surface area contributed by atoms with E-state index in [4.69, 9.17) is 0 Å². The summed E-state index contributed by atoms with van der Waals surface area (Å²) >= 11 is 0.609. The third-order valence-corrected chi connectivity index (χ3v) is 4.30. The van der Waals surface area contributed by atoms with Gasteiger partial charge in [-0.1, -0.05) is 20.8 Å². The third kappa shape index (κ3) is 3.35. The number of hydrogen-bond acceptors (Lipinski definition) is 4. The molecule has 0 aliphatic carbocycles. The molecule has 0 saturated heterocycles. The molecule has 5 nitrogen and oxygen atoms in total. The molecule has 0 aliphatic rings. The maximum Gasteiger partial charge on any atom is 0.417 e. The first-order chi connectivity index (χ1) is 10.8. The molecule has 2 heterocycles. The van der Waals surface area contributed by atoms with Crippen LogP contribution in [-0.4, -0.2) is 22.0 Å². The molecule has 0 bridgehead atoms. The summed E-state index contributed by atoms with van der Waals surface area (Å²) in [5, 5.41) is 11.1. The third-order valence-electron chi connectivity index (χ3n) is 3.23. The lowest BCUT2D eigenvalue weighted by molar-refractivity contribution is -0.136. The Labute approximate surface area is 139 Å². The monoisotopic (exact) mass is 360 g/mol. The first kappa shape index (κ1) is 18.2. The van der Waals surface area contributed by atoms with E-state index < -0.39 is 34.4 Å². The Morgan fingerprint density at radius 2 is 1.83 bits per heavy atom. The number of carbonyl (C=O) groups excluding carboxylic acids is 1. The number of pyridine rings is 1. The highest BCUT2D eigenvalue weighted by Gasteiger charge is 2.37. The summed E-state index contributed by atoms with van der Waals surface area (Å²) in [6, 6.07) is 0.909. The van der Waals surface area contributed by atoms with Gasteiger partial charge in [-0.3, -0.25) is 4.79 Å². The lowest BCUT2D eigenvalue weighted by Crippen LogP contribution is -2.17. The highest BCUT2D eigenvalue weighted by atomic mass is 32.1. The number of carbonyl (C=O) groups is 2. The van der Waals surface area contributed by atoms with Crippen LogP contribution < -0.4 is 5.32 Å². The number of anilines is 1. The molecule has 9 heteroatoms. The van der Waals surface area contributed by atoms with Crippen LogP contribution in [0.1, 0.15) is 48.6 Å². The number of halogens is 3. The van der Waals surface area contributed by atoms with Gasteiger partial charge >= 0.3 is 12.1 Å². The van der Waals surface area contributed by atoms with Crippen LogP contribution in [0.2, 0.25) is 0 Å². The number of nitrogens with one attached hydrogen (secondary N) is 1. The molecule has 2 N–H and O–H groups in total. The highest BCUT2D eigenvalue weighted by Crippen LogP contribution is 2.44. The summed E-state index contributed by atoms with van der Waals surface area (Å²) in [6.45, 7) is 6.23. The van der Waals surface area contributed by atoms with Crippen LogP contribution in [-0.2, 0) is 16.4 Å². The van der Waals surface area contributed by atoms with Crippen LogP contribution in [0.3, 0.4) is 0 Å². The molecule has 2 aromatic rings. The highest BCUT2D eigenvalue weighted by molar-refractivity contribution is 7.21. The molecule has 2 aromatic heterocycles. The van der Waals surface area contributed by atoms with Crippen molar-refractivity contribution in [1.29, 1.82) is 0 Å². The summed E-state index contributed by atoms with van der Waals surface area (Å²) in [5.74, 6) is -2.09. The first-order valence-corrected chi connectivity index (χ1v) is 7.70. The standard InChI is InChI=1S/C15H15F3N2O3S/c1-6(21)19-10-9-7(15(16,17)18)5-8(14(2,3)4)20-12(9)24-11(10)13(22)23/h5H,1-4H3,(H,19,21)(H,22,23). The maximum absolute atomic E-state index is 13.5. The summed E-state index contributed by atoms with van der Waals surface area (Å²) in [5.41, 5.74) is -1.84. The quantitative estimate of drug-likeness (QED) is 0.838. The van der Waals surface area contributed by atoms with Gasteiger partial charge in [0.15, 0.2) is 0 Å². The van der Waals surface area contributed by atoms with E-state index in [0.717, 1.165) is 13.0 Å². The van der Waals surface area contributed by atoms with Crippen molar-refractivity contribution >= 4 is 39.1 Å². The fourth-order valence-electron chi connectivity index (χ4n) is 2.15. The summed E-state index contributed by atoms with van der Waals surface area (Å²) in [4.78, 5) is 26.4. The molecule has 0 radical (unpaired) electrons. The van der Waals surface area contributed by atoms with E-state index in [0.29, 0.717) is 11.3 Å². The van der Waals surface area contributed by atoms with Crippen molar-refractivity contribution in [3.05, 3.63) is 22.2 Å². The van der Waals surface area contributed by atoms with E-state index in [1.807, 2.05) is 0 Å². The normalized spacial score (nSPS) is 12.5. The number of fused-ring (bicyclic) bond motifs is 1. The van der Waals surface area contributed by atoms with Crippen molar-refractivity contribution < 1.29 is 27.9 Å². The predicted octanol–water partition coefficient (Wildman–Crippen LogP) is 4.27. The Morgan fingerprint density at radius 1 is 1.25 bits per heavy atom. The van der Waals surface area contributed by atoms with E-state index in [9.17, 15) is 27.9 Å². The number of rotatable bonds is 2. The van der Waals surface area contributed by atoms with Crippen molar-refractivity contribution in [2.45, 2.75) is 39.3 Å². The van der Waals surface area contributed by atoms with Gasteiger partial charge in [-0.05, 0) is 6.07 Å². The predicted molar refractivity (Wildman–Crippen MR) is 84.6 cm³/mol. The van der Waals surface area contributed by atoms with Gasteiger partial charge in [0.1, 0.15) is 9.71 Å². The van der Waals surface area contributed by atoms with E-state index >= 15 is 0 Å². The number of amides is 1. The largest absolute Gasteiger partial charge is 0.477 e. The second-order valence-electron chi connectivity index (χ2n) is 6.28. The molecular weight excluding hydrogens is 345 g/mol. The Kier molecular flexibility index (Phi) is 4.34. The minimum atomic E-state index is -4.72. The van der Waals surface area contributed by atoms with Gasteiger partial charge in [0.2, 0.25) is 5.91 Å². The fourth-order valence-corrected chi connectivity index (χ4v) is 3.15. The number of carboxylic acid groups (broad SMARTS) is 1. The summed E-state index contributed by atoms with van der Waals surface area (Å²) < 4.78 is 40.6. The SMILES string of the molecule is CC(=O)Nc1c(C(=O)O)sc2nc(C(C)(C)C)cc(C(F)(F)F)c12. The lowest BCUT2D eigenvalue weighted by atomic mass is 9.90. The van der Waals surface area contributed by atoms with E-state index in [1.54, 1.807) is 20.8 Å². The number of thiophene rings is 1. The molecule has 1 amide bonds. The molecule has 0 unspecified atom stereocenters. The minimum absolute atomic E-state index is 0.0732. The average Bonchev–Trinajstić information content (AvgIpc) is 2.73. The first-order valence-electron chi connectivity index (χ1n) is 6.88. The van der Waals surface area contributed by atoms with Gasteiger partial charge in [0, 0.05) is 23.4 Å². The molecule has 0 spiro atoms. The average molecular weight is 360 g/mol. The molecule has 0 atom stereocenters. The molecule has 2 rings (SSSR count). The van der Waals surface area contributed by atoms with Crippen LogP contribution in [0, 0.1) is 0 Å². The molecule has 0 saturated carbocycles. The number of aromatic nitrogens is 1. The van der Waals surface area contributed by atoms with Crippen LogP contribution >= 0.6 is 11.3 Å². The van der Waals surface area contributed by atoms with Crippen molar-refractivity contribution in [1.82, 2.24) is 4.98 Å². The lowest BCUT2D eigenvalue weighted by Gasteiger charge is -2.20. The van der Waals surface area contributed by atoms with E-state index in [1.165, 1.54) is 0 Å². The second-order valence-corrected chi connectivity index (χ2v) is 7.27. The number of aromatic carboxylic acids is 1. The Bertz CT molecular complexity index is 835.